The molecule has 1 aliphatic carbocycles. The first-order valence-corrected chi connectivity index (χ1v) is 10.1. The fraction of sp³-hybridized carbons (Fsp3) is 0.375. The van der Waals surface area contributed by atoms with E-state index in [4.69, 9.17) is 14.5 Å². The Morgan fingerprint density at radius 1 is 1.07 bits per heavy atom. The minimum atomic E-state index is 0.741. The molecule has 0 bridgehead atoms. The molecule has 29 heavy (non-hydrogen) atoms. The number of rotatable bonds is 7. The van der Waals surface area contributed by atoms with Crippen LogP contribution in [0, 0.1) is 6.92 Å². The standard InChI is InChI=1S/C24H29N3O2/c1-15-7-8-20-18(11-15)23(25-9-6-10-27(2)3)19-12-16-13-21(28-4)22(29-5)14-17(16)24(19)26-20/h7-8,11,13-14H,6,9-10,12H2,1-5H3,(H,25,26). The van der Waals surface area contributed by atoms with Crippen LogP contribution >= 0.6 is 0 Å². The topological polar surface area (TPSA) is 46.6 Å². The Bertz CT molecular complexity index is 1060. The Hall–Kier alpha value is -2.79. The van der Waals surface area contributed by atoms with Crippen molar-refractivity contribution in [1.82, 2.24) is 9.88 Å². The quantitative estimate of drug-likeness (QED) is 0.470. The van der Waals surface area contributed by atoms with Gasteiger partial charge in [-0.25, -0.2) is 4.98 Å². The summed E-state index contributed by atoms with van der Waals surface area (Å²) in [5, 5.41) is 4.93. The molecular weight excluding hydrogens is 362 g/mol. The number of hydrogen-bond acceptors (Lipinski definition) is 5. The summed E-state index contributed by atoms with van der Waals surface area (Å²) in [5.41, 5.74) is 8.15. The van der Waals surface area contributed by atoms with Crippen LogP contribution in [0.1, 0.15) is 23.1 Å². The lowest BCUT2D eigenvalue weighted by Gasteiger charge is -2.16. The van der Waals surface area contributed by atoms with Crippen molar-refractivity contribution in [2.45, 2.75) is 19.8 Å². The second-order valence-electron chi connectivity index (χ2n) is 7.96. The third kappa shape index (κ3) is 3.62. The smallest absolute Gasteiger partial charge is 0.161 e. The highest BCUT2D eigenvalue weighted by molar-refractivity contribution is 5.99. The number of benzene rings is 2. The van der Waals surface area contributed by atoms with Gasteiger partial charge in [0.1, 0.15) is 0 Å². The van der Waals surface area contributed by atoms with E-state index in [1.807, 2.05) is 0 Å². The summed E-state index contributed by atoms with van der Waals surface area (Å²) >= 11 is 0. The monoisotopic (exact) mass is 391 g/mol. The summed E-state index contributed by atoms with van der Waals surface area (Å²) in [6.07, 6.45) is 1.93. The SMILES string of the molecule is COc1cc2c(cc1OC)-c1nc3ccc(C)cc3c(NCCCN(C)C)c1C2. The van der Waals surface area contributed by atoms with Crippen molar-refractivity contribution in [3.8, 4) is 22.8 Å². The van der Waals surface area contributed by atoms with E-state index in [0.29, 0.717) is 0 Å². The van der Waals surface area contributed by atoms with Crippen molar-refractivity contribution in [1.29, 1.82) is 0 Å². The van der Waals surface area contributed by atoms with Gasteiger partial charge in [-0.2, -0.15) is 0 Å². The van der Waals surface area contributed by atoms with Crippen LogP contribution in [0.4, 0.5) is 5.69 Å². The lowest BCUT2D eigenvalue weighted by molar-refractivity contribution is 0.355. The molecule has 1 aliphatic rings. The number of pyridine rings is 1. The van der Waals surface area contributed by atoms with E-state index in [9.17, 15) is 0 Å². The first-order valence-electron chi connectivity index (χ1n) is 10.1. The van der Waals surface area contributed by atoms with Gasteiger partial charge in [-0.3, -0.25) is 0 Å². The van der Waals surface area contributed by atoms with Crippen molar-refractivity contribution in [2.24, 2.45) is 0 Å². The van der Waals surface area contributed by atoms with Gasteiger partial charge in [0.25, 0.3) is 0 Å². The average Bonchev–Trinajstić information content (AvgIpc) is 3.06. The van der Waals surface area contributed by atoms with Crippen LogP contribution in [-0.2, 0) is 6.42 Å². The van der Waals surface area contributed by atoms with Crippen LogP contribution in [0.15, 0.2) is 30.3 Å². The zero-order valence-corrected chi connectivity index (χ0v) is 17.9. The van der Waals surface area contributed by atoms with Crippen molar-refractivity contribution >= 4 is 16.6 Å². The number of nitrogens with zero attached hydrogens (tertiary/aromatic N) is 2. The molecular formula is C24H29N3O2. The number of ether oxygens (including phenoxy) is 2. The maximum absolute atomic E-state index is 5.54. The molecule has 2 aromatic carbocycles. The summed E-state index contributed by atoms with van der Waals surface area (Å²) in [5.74, 6) is 1.50. The molecule has 1 N–H and O–H groups in total. The number of aromatic nitrogens is 1. The van der Waals surface area contributed by atoms with Crippen molar-refractivity contribution in [3.63, 3.8) is 0 Å². The highest BCUT2D eigenvalue weighted by atomic mass is 16.5. The Kier molecular flexibility index (Phi) is 5.33. The number of methoxy groups -OCH3 is 2. The molecule has 0 spiro atoms. The van der Waals surface area contributed by atoms with Crippen molar-refractivity contribution in [3.05, 3.63) is 47.0 Å². The van der Waals surface area contributed by atoms with Crippen LogP contribution < -0.4 is 14.8 Å². The van der Waals surface area contributed by atoms with Crippen LogP contribution in [-0.4, -0.2) is 51.3 Å². The van der Waals surface area contributed by atoms with Gasteiger partial charge in [0.15, 0.2) is 11.5 Å². The second-order valence-corrected chi connectivity index (χ2v) is 7.96. The zero-order chi connectivity index (χ0) is 20.5. The zero-order valence-electron chi connectivity index (χ0n) is 17.9. The van der Waals surface area contributed by atoms with Crippen molar-refractivity contribution < 1.29 is 9.47 Å². The molecule has 0 aliphatic heterocycles. The molecule has 1 heterocycles. The molecule has 0 radical (unpaired) electrons. The third-order valence-corrected chi connectivity index (χ3v) is 5.56. The minimum absolute atomic E-state index is 0.741. The molecule has 3 aromatic rings. The van der Waals surface area contributed by atoms with Crippen LogP contribution in [0.5, 0.6) is 11.5 Å². The van der Waals surface area contributed by atoms with Crippen LogP contribution in [0.25, 0.3) is 22.2 Å². The number of anilines is 1. The fourth-order valence-electron chi connectivity index (χ4n) is 4.10. The summed E-state index contributed by atoms with van der Waals surface area (Å²) in [4.78, 5) is 7.26. The Balaban J connectivity index is 1.82. The van der Waals surface area contributed by atoms with E-state index in [-0.39, 0.29) is 0 Å². The van der Waals surface area contributed by atoms with Gasteiger partial charge >= 0.3 is 0 Å². The molecule has 0 unspecified atom stereocenters. The molecule has 0 atom stereocenters. The lowest BCUT2D eigenvalue weighted by atomic mass is 10.0. The van der Waals surface area contributed by atoms with Gasteiger partial charge in [0, 0.05) is 35.2 Å². The Morgan fingerprint density at radius 2 is 1.83 bits per heavy atom. The minimum Gasteiger partial charge on any atom is -0.493 e. The lowest BCUT2D eigenvalue weighted by Crippen LogP contribution is -2.17. The third-order valence-electron chi connectivity index (χ3n) is 5.56. The fourth-order valence-corrected chi connectivity index (χ4v) is 4.10. The van der Waals surface area contributed by atoms with Crippen LogP contribution in [0.3, 0.4) is 0 Å². The van der Waals surface area contributed by atoms with Gasteiger partial charge in [-0.05, 0) is 63.8 Å². The molecule has 4 rings (SSSR count). The number of hydrogen-bond donors (Lipinski definition) is 1. The molecule has 0 amide bonds. The average molecular weight is 392 g/mol. The van der Waals surface area contributed by atoms with Gasteiger partial charge in [-0.1, -0.05) is 11.6 Å². The van der Waals surface area contributed by atoms with Gasteiger partial charge in [0.2, 0.25) is 0 Å². The van der Waals surface area contributed by atoms with E-state index in [0.717, 1.165) is 54.2 Å². The molecule has 0 fully saturated rings. The summed E-state index contributed by atoms with van der Waals surface area (Å²) < 4.78 is 11.1. The number of aryl methyl sites for hydroxylation is 1. The predicted molar refractivity (Wildman–Crippen MR) is 119 cm³/mol. The Labute approximate surface area is 172 Å². The molecule has 0 saturated carbocycles. The number of nitrogens with one attached hydrogen (secondary N) is 1. The maximum Gasteiger partial charge on any atom is 0.161 e. The Morgan fingerprint density at radius 3 is 2.55 bits per heavy atom. The van der Waals surface area contributed by atoms with Crippen LogP contribution in [0.2, 0.25) is 0 Å². The van der Waals surface area contributed by atoms with E-state index in [2.05, 4.69) is 61.6 Å². The highest BCUT2D eigenvalue weighted by Crippen LogP contribution is 2.46. The largest absolute Gasteiger partial charge is 0.493 e. The second kappa shape index (κ2) is 7.91. The normalized spacial score (nSPS) is 12.2. The summed E-state index contributed by atoms with van der Waals surface area (Å²) in [7, 11) is 7.58. The summed E-state index contributed by atoms with van der Waals surface area (Å²) in [6.45, 7) is 4.12. The highest BCUT2D eigenvalue weighted by Gasteiger charge is 2.27. The summed E-state index contributed by atoms with van der Waals surface area (Å²) in [6, 6.07) is 10.6. The van der Waals surface area contributed by atoms with E-state index in [1.165, 1.54) is 27.8 Å². The van der Waals surface area contributed by atoms with E-state index < -0.39 is 0 Å². The van der Waals surface area contributed by atoms with Gasteiger partial charge < -0.3 is 19.7 Å². The number of fused-ring (bicyclic) bond motifs is 4. The molecule has 5 heteroatoms. The van der Waals surface area contributed by atoms with Crippen molar-refractivity contribution in [2.75, 3.05) is 46.7 Å². The van der Waals surface area contributed by atoms with E-state index in [1.54, 1.807) is 14.2 Å². The van der Waals surface area contributed by atoms with Gasteiger partial charge in [-0.15, -0.1) is 0 Å². The molecule has 152 valence electrons. The first-order chi connectivity index (χ1) is 14.0. The predicted octanol–water partition coefficient (Wildman–Crippen LogP) is 4.50. The molecule has 5 nitrogen and oxygen atoms in total. The van der Waals surface area contributed by atoms with E-state index >= 15 is 0 Å². The molecule has 0 saturated heterocycles. The molecule has 1 aromatic heterocycles. The first kappa shape index (κ1) is 19.5. The maximum atomic E-state index is 5.54. The van der Waals surface area contributed by atoms with Gasteiger partial charge in [0.05, 0.1) is 25.4 Å².